The van der Waals surface area contributed by atoms with Gasteiger partial charge in [-0.05, 0) is 55.2 Å². The van der Waals surface area contributed by atoms with Gasteiger partial charge in [0, 0.05) is 23.4 Å². The summed E-state index contributed by atoms with van der Waals surface area (Å²) in [5.74, 6) is 2.01. The molecule has 1 aliphatic heterocycles. The summed E-state index contributed by atoms with van der Waals surface area (Å²) in [5, 5.41) is 8.13. The fraction of sp³-hybridized carbons (Fsp3) is 0.233. The number of allylic oxidation sites excluding steroid dienone is 1. The molecule has 3 aliphatic rings. The van der Waals surface area contributed by atoms with Crippen LogP contribution in [0.5, 0.6) is 11.5 Å². The third kappa shape index (κ3) is 3.70. The summed E-state index contributed by atoms with van der Waals surface area (Å²) in [6.45, 7) is 2.13. The zero-order valence-electron chi connectivity index (χ0n) is 20.9. The molecule has 0 saturated heterocycles. The second-order valence-corrected chi connectivity index (χ2v) is 12.0. The number of aromatic nitrogens is 2. The Morgan fingerprint density at radius 3 is 2.47 bits per heavy atom. The summed E-state index contributed by atoms with van der Waals surface area (Å²) >= 11 is 0. The van der Waals surface area contributed by atoms with Crippen LogP contribution in [0.15, 0.2) is 83.8 Å². The number of aryl methyl sites for hydroxylation is 1. The Balaban J connectivity index is 1.42. The van der Waals surface area contributed by atoms with Crippen LogP contribution in [-0.4, -0.2) is 30.4 Å². The number of rotatable bonds is 6. The van der Waals surface area contributed by atoms with Crippen molar-refractivity contribution in [1.29, 1.82) is 0 Å². The molecular weight excluding hydrogens is 498 g/mol. The Labute approximate surface area is 221 Å². The molecule has 0 spiro atoms. The lowest BCUT2D eigenvalue weighted by Crippen LogP contribution is -2.32. The van der Waals surface area contributed by atoms with Gasteiger partial charge >= 0.3 is 0 Å². The van der Waals surface area contributed by atoms with E-state index in [9.17, 15) is 8.42 Å². The van der Waals surface area contributed by atoms with Crippen LogP contribution < -0.4 is 14.8 Å². The minimum Gasteiger partial charge on any atom is -0.454 e. The first kappa shape index (κ1) is 23.1. The van der Waals surface area contributed by atoms with Crippen LogP contribution in [0.2, 0.25) is 0 Å². The van der Waals surface area contributed by atoms with Crippen molar-refractivity contribution in [2.75, 3.05) is 12.1 Å². The van der Waals surface area contributed by atoms with Crippen molar-refractivity contribution in [3.8, 4) is 11.5 Å². The Bertz CT molecular complexity index is 1670. The molecule has 0 bridgehead atoms. The Hall–Kier alpha value is -4.04. The predicted octanol–water partition coefficient (Wildman–Crippen LogP) is 5.29. The monoisotopic (exact) mass is 525 g/mol. The molecule has 1 unspecified atom stereocenters. The highest BCUT2D eigenvalue weighted by Crippen LogP contribution is 2.46. The number of hydrogen-bond acceptors (Lipinski definition) is 6. The molecule has 7 rings (SSSR count). The maximum absolute atomic E-state index is 14.0. The average Bonchev–Trinajstić information content (AvgIpc) is 3.50. The molecule has 3 aromatic carbocycles. The van der Waals surface area contributed by atoms with Gasteiger partial charge in [0.15, 0.2) is 17.3 Å². The van der Waals surface area contributed by atoms with E-state index in [0.717, 1.165) is 35.1 Å². The molecule has 8 heteroatoms. The van der Waals surface area contributed by atoms with Gasteiger partial charge in [0.05, 0.1) is 10.6 Å². The topological polar surface area (TPSA) is 82.5 Å². The van der Waals surface area contributed by atoms with Gasteiger partial charge in [0.2, 0.25) is 6.79 Å². The second kappa shape index (κ2) is 8.49. The van der Waals surface area contributed by atoms with E-state index in [1.807, 2.05) is 61.5 Å². The molecule has 0 amide bonds. The van der Waals surface area contributed by atoms with Crippen LogP contribution in [0.25, 0.3) is 6.08 Å². The summed E-state index contributed by atoms with van der Waals surface area (Å²) in [5.41, 5.74) is 3.88. The van der Waals surface area contributed by atoms with Crippen LogP contribution in [0.1, 0.15) is 40.8 Å². The SMILES string of the molecule is Cc1ccc(S(=O)(=O)n2nc(NC3CC3)c3c2CC(c2ccccc2)(c2ccc4c(c2)OCO4)C=C3)cc1. The lowest BCUT2D eigenvalue weighted by Gasteiger charge is -2.35. The largest absolute Gasteiger partial charge is 0.454 e. The van der Waals surface area contributed by atoms with Crippen molar-refractivity contribution in [3.63, 3.8) is 0 Å². The van der Waals surface area contributed by atoms with Crippen LogP contribution in [0, 0.1) is 6.92 Å². The minimum absolute atomic E-state index is 0.189. The van der Waals surface area contributed by atoms with E-state index in [2.05, 4.69) is 28.6 Å². The first-order valence-electron chi connectivity index (χ1n) is 12.8. The average molecular weight is 526 g/mol. The molecule has 2 heterocycles. The third-order valence-corrected chi connectivity index (χ3v) is 9.24. The lowest BCUT2D eigenvalue weighted by atomic mass is 9.68. The second-order valence-electron chi connectivity index (χ2n) is 10.2. The highest BCUT2D eigenvalue weighted by molar-refractivity contribution is 7.89. The quantitative estimate of drug-likeness (QED) is 0.369. The molecule has 1 aromatic heterocycles. The van der Waals surface area contributed by atoms with E-state index in [-0.39, 0.29) is 11.7 Å². The van der Waals surface area contributed by atoms with Gasteiger partial charge in [-0.3, -0.25) is 0 Å². The van der Waals surface area contributed by atoms with E-state index in [0.29, 0.717) is 35.5 Å². The molecule has 38 heavy (non-hydrogen) atoms. The summed E-state index contributed by atoms with van der Waals surface area (Å²) in [6, 6.07) is 23.4. The number of hydrogen-bond donors (Lipinski definition) is 1. The Morgan fingerprint density at radius 2 is 1.71 bits per heavy atom. The summed E-state index contributed by atoms with van der Waals surface area (Å²) < 4.78 is 40.5. The van der Waals surface area contributed by atoms with Gasteiger partial charge in [-0.25, -0.2) is 0 Å². The van der Waals surface area contributed by atoms with Crippen LogP contribution in [0.3, 0.4) is 0 Å². The van der Waals surface area contributed by atoms with E-state index in [1.54, 1.807) is 12.1 Å². The molecule has 2 aliphatic carbocycles. The molecule has 1 N–H and O–H groups in total. The van der Waals surface area contributed by atoms with Gasteiger partial charge in [0.25, 0.3) is 10.0 Å². The standard InChI is InChI=1S/C30H27N3O4S/c1-20-7-12-24(13-8-20)38(34,35)33-26-18-30(21-5-3-2-4-6-21,22-9-14-27-28(17-22)37-19-36-27)16-15-25(26)29(32-33)31-23-10-11-23/h2-9,12-17,23H,10-11,18-19H2,1H3,(H,31,32). The molecule has 1 saturated carbocycles. The van der Waals surface area contributed by atoms with Crippen molar-refractivity contribution in [2.45, 2.75) is 42.5 Å². The normalized spacial score (nSPS) is 19.8. The van der Waals surface area contributed by atoms with E-state index >= 15 is 0 Å². The van der Waals surface area contributed by atoms with Crippen LogP contribution in [-0.2, 0) is 21.9 Å². The highest BCUT2D eigenvalue weighted by Gasteiger charge is 2.41. The van der Waals surface area contributed by atoms with E-state index in [4.69, 9.17) is 9.47 Å². The zero-order chi connectivity index (χ0) is 25.9. The van der Waals surface area contributed by atoms with E-state index < -0.39 is 15.4 Å². The smallest absolute Gasteiger partial charge is 0.283 e. The third-order valence-electron chi connectivity index (χ3n) is 7.61. The molecule has 192 valence electrons. The van der Waals surface area contributed by atoms with Crippen molar-refractivity contribution in [1.82, 2.24) is 9.19 Å². The number of benzene rings is 3. The van der Waals surface area contributed by atoms with Crippen LogP contribution >= 0.6 is 0 Å². The summed E-state index contributed by atoms with van der Waals surface area (Å²) in [7, 11) is -3.93. The lowest BCUT2D eigenvalue weighted by molar-refractivity contribution is 0.174. The van der Waals surface area contributed by atoms with Crippen molar-refractivity contribution < 1.29 is 17.9 Å². The van der Waals surface area contributed by atoms with Gasteiger partial charge in [0.1, 0.15) is 0 Å². The minimum atomic E-state index is -3.93. The van der Waals surface area contributed by atoms with Gasteiger partial charge in [-0.2, -0.15) is 12.5 Å². The van der Waals surface area contributed by atoms with E-state index in [1.165, 1.54) is 4.09 Å². The molecule has 1 fully saturated rings. The van der Waals surface area contributed by atoms with Gasteiger partial charge < -0.3 is 14.8 Å². The first-order valence-corrected chi connectivity index (χ1v) is 14.2. The number of nitrogens with one attached hydrogen (secondary N) is 1. The molecular formula is C30H27N3O4S. The molecule has 7 nitrogen and oxygen atoms in total. The number of anilines is 1. The van der Waals surface area contributed by atoms with Crippen LogP contribution in [0.4, 0.5) is 5.82 Å². The molecule has 0 radical (unpaired) electrons. The fourth-order valence-electron chi connectivity index (χ4n) is 5.34. The highest BCUT2D eigenvalue weighted by atomic mass is 32.2. The fourth-order valence-corrected chi connectivity index (χ4v) is 6.66. The Morgan fingerprint density at radius 1 is 0.947 bits per heavy atom. The van der Waals surface area contributed by atoms with Crippen molar-refractivity contribution >= 4 is 21.9 Å². The maximum atomic E-state index is 14.0. The number of fused-ring (bicyclic) bond motifs is 2. The first-order chi connectivity index (χ1) is 18.4. The number of nitrogens with zero attached hydrogens (tertiary/aromatic N) is 2. The molecule has 4 aromatic rings. The predicted molar refractivity (Wildman–Crippen MR) is 145 cm³/mol. The summed E-state index contributed by atoms with van der Waals surface area (Å²) in [4.78, 5) is 0.217. The Kier molecular flexibility index (Phi) is 5.16. The van der Waals surface area contributed by atoms with Gasteiger partial charge in [-0.15, -0.1) is 5.10 Å². The van der Waals surface area contributed by atoms with Crippen molar-refractivity contribution in [3.05, 3.63) is 107 Å². The summed E-state index contributed by atoms with van der Waals surface area (Å²) in [6.07, 6.45) is 6.72. The van der Waals surface area contributed by atoms with Gasteiger partial charge in [-0.1, -0.05) is 66.2 Å². The molecule has 1 atom stereocenters. The van der Waals surface area contributed by atoms with Crippen molar-refractivity contribution in [2.24, 2.45) is 0 Å². The number of ether oxygens (including phenoxy) is 2. The maximum Gasteiger partial charge on any atom is 0.283 e. The zero-order valence-corrected chi connectivity index (χ0v) is 21.7.